The van der Waals surface area contributed by atoms with Crippen molar-refractivity contribution in [1.29, 1.82) is 0 Å². The van der Waals surface area contributed by atoms with Gasteiger partial charge in [0.25, 0.3) is 0 Å². The van der Waals surface area contributed by atoms with Gasteiger partial charge in [0.05, 0.1) is 12.7 Å². The van der Waals surface area contributed by atoms with Crippen molar-refractivity contribution in [3.63, 3.8) is 0 Å². The van der Waals surface area contributed by atoms with Gasteiger partial charge in [-0.25, -0.2) is 0 Å². The van der Waals surface area contributed by atoms with E-state index in [0.717, 1.165) is 35.7 Å². The van der Waals surface area contributed by atoms with E-state index < -0.39 is 0 Å². The predicted octanol–water partition coefficient (Wildman–Crippen LogP) is 4.53. The first-order valence-corrected chi connectivity index (χ1v) is 7.16. The molecule has 3 heteroatoms. The summed E-state index contributed by atoms with van der Waals surface area (Å²) in [6, 6.07) is 3.83. The first-order chi connectivity index (χ1) is 8.48. The minimum Gasteiger partial charge on any atom is -0.496 e. The van der Waals surface area contributed by atoms with Crippen LogP contribution in [0.3, 0.4) is 0 Å². The molecule has 1 aliphatic carbocycles. The number of carbonyl (C=O) groups is 1. The van der Waals surface area contributed by atoms with Crippen molar-refractivity contribution in [2.45, 2.75) is 39.5 Å². The van der Waals surface area contributed by atoms with Crippen molar-refractivity contribution < 1.29 is 9.53 Å². The minimum absolute atomic E-state index is 0.206. The molecule has 0 saturated heterocycles. The Labute approximate surface area is 117 Å². The molecule has 0 spiro atoms. The lowest BCUT2D eigenvalue weighted by Gasteiger charge is -2.23. The molecule has 2 nitrogen and oxygen atoms in total. The predicted molar refractivity (Wildman–Crippen MR) is 76.3 cm³/mol. The fourth-order valence-electron chi connectivity index (χ4n) is 2.71. The van der Waals surface area contributed by atoms with Crippen LogP contribution in [0.25, 0.3) is 0 Å². The van der Waals surface area contributed by atoms with E-state index in [1.54, 1.807) is 7.11 Å². The number of hydrogen-bond acceptors (Lipinski definition) is 2. The molecule has 0 atom stereocenters. The summed E-state index contributed by atoms with van der Waals surface area (Å²) in [7, 11) is 1.62. The molecule has 18 heavy (non-hydrogen) atoms. The van der Waals surface area contributed by atoms with Gasteiger partial charge in [-0.05, 0) is 37.5 Å². The summed E-state index contributed by atoms with van der Waals surface area (Å²) < 4.78 is 6.33. The molecular formula is C15H19BrO2. The summed E-state index contributed by atoms with van der Waals surface area (Å²) in [6.45, 7) is 4.08. The average Bonchev–Trinajstić information content (AvgIpc) is 2.79. The maximum absolute atomic E-state index is 12.7. The summed E-state index contributed by atoms with van der Waals surface area (Å²) in [5, 5.41) is 0. The largest absolute Gasteiger partial charge is 0.496 e. The molecule has 1 saturated carbocycles. The first kappa shape index (κ1) is 13.6. The standard InChI is InChI=1S/C15H19BrO2/c1-10-8-13(18-3)11(9-12(10)16)14(17)15(2)6-4-5-7-15/h8-9H,4-7H2,1-3H3. The van der Waals surface area contributed by atoms with Gasteiger partial charge in [0.15, 0.2) is 5.78 Å². The molecule has 0 amide bonds. The summed E-state index contributed by atoms with van der Waals surface area (Å²) in [6.07, 6.45) is 4.27. The van der Waals surface area contributed by atoms with Crippen molar-refractivity contribution >= 4 is 21.7 Å². The van der Waals surface area contributed by atoms with Crippen molar-refractivity contribution in [3.8, 4) is 5.75 Å². The van der Waals surface area contributed by atoms with Crippen LogP contribution in [0.15, 0.2) is 16.6 Å². The summed E-state index contributed by atoms with van der Waals surface area (Å²) in [5.74, 6) is 0.909. The zero-order valence-corrected chi connectivity index (χ0v) is 12.8. The van der Waals surface area contributed by atoms with E-state index >= 15 is 0 Å². The molecule has 0 radical (unpaired) electrons. The molecule has 0 unspecified atom stereocenters. The van der Waals surface area contributed by atoms with E-state index in [1.807, 2.05) is 19.1 Å². The van der Waals surface area contributed by atoms with Gasteiger partial charge in [-0.2, -0.15) is 0 Å². The molecular weight excluding hydrogens is 292 g/mol. The van der Waals surface area contributed by atoms with Gasteiger partial charge in [0, 0.05) is 9.89 Å². The molecule has 0 aliphatic heterocycles. The highest BCUT2D eigenvalue weighted by atomic mass is 79.9. The SMILES string of the molecule is COc1cc(C)c(Br)cc1C(=O)C1(C)CCCC1. The number of methoxy groups -OCH3 is 1. The van der Waals surface area contributed by atoms with Crippen LogP contribution in [0, 0.1) is 12.3 Å². The molecule has 0 bridgehead atoms. The van der Waals surface area contributed by atoms with Gasteiger partial charge >= 0.3 is 0 Å². The zero-order chi connectivity index (χ0) is 13.3. The van der Waals surface area contributed by atoms with Crippen LogP contribution in [-0.4, -0.2) is 12.9 Å². The topological polar surface area (TPSA) is 26.3 Å². The second-order valence-corrected chi connectivity index (χ2v) is 6.25. The van der Waals surface area contributed by atoms with Crippen LogP contribution < -0.4 is 4.74 Å². The maximum Gasteiger partial charge on any atom is 0.172 e. The van der Waals surface area contributed by atoms with Crippen molar-refractivity contribution in [2.75, 3.05) is 7.11 Å². The van der Waals surface area contributed by atoms with Gasteiger partial charge in [-0.3, -0.25) is 4.79 Å². The van der Waals surface area contributed by atoms with Crippen molar-refractivity contribution in [1.82, 2.24) is 0 Å². The van der Waals surface area contributed by atoms with Crippen LogP contribution in [-0.2, 0) is 0 Å². The third-order valence-electron chi connectivity index (χ3n) is 3.98. The average molecular weight is 311 g/mol. The number of carbonyl (C=O) groups excluding carboxylic acids is 1. The number of rotatable bonds is 3. The molecule has 98 valence electrons. The number of Topliss-reactive ketones (excluding diaryl/α,β-unsaturated/α-hetero) is 1. The Bertz CT molecular complexity index is 474. The molecule has 1 aromatic rings. The number of ketones is 1. The Morgan fingerprint density at radius 1 is 1.33 bits per heavy atom. The van der Waals surface area contributed by atoms with Gasteiger partial charge < -0.3 is 4.74 Å². The third-order valence-corrected chi connectivity index (χ3v) is 4.83. The Hall–Kier alpha value is -0.830. The number of halogens is 1. The molecule has 1 aromatic carbocycles. The fraction of sp³-hybridized carbons (Fsp3) is 0.533. The molecule has 0 N–H and O–H groups in total. The normalized spacial score (nSPS) is 17.8. The van der Waals surface area contributed by atoms with E-state index in [1.165, 1.54) is 0 Å². The smallest absolute Gasteiger partial charge is 0.172 e. The minimum atomic E-state index is -0.206. The number of hydrogen-bond donors (Lipinski definition) is 0. The number of aryl methyl sites for hydroxylation is 1. The second-order valence-electron chi connectivity index (χ2n) is 5.40. The van der Waals surface area contributed by atoms with Crippen LogP contribution in [0.2, 0.25) is 0 Å². The van der Waals surface area contributed by atoms with Gasteiger partial charge in [-0.1, -0.05) is 35.7 Å². The zero-order valence-electron chi connectivity index (χ0n) is 11.2. The van der Waals surface area contributed by atoms with E-state index in [2.05, 4.69) is 22.9 Å². The quantitative estimate of drug-likeness (QED) is 0.767. The van der Waals surface area contributed by atoms with E-state index in [9.17, 15) is 4.79 Å². The third kappa shape index (κ3) is 2.33. The Balaban J connectivity index is 2.44. The summed E-state index contributed by atoms with van der Waals surface area (Å²) in [5.41, 5.74) is 1.58. The Morgan fingerprint density at radius 3 is 2.50 bits per heavy atom. The second kappa shape index (κ2) is 5.04. The van der Waals surface area contributed by atoms with E-state index in [0.29, 0.717) is 11.3 Å². The summed E-state index contributed by atoms with van der Waals surface area (Å²) in [4.78, 5) is 12.7. The Morgan fingerprint density at radius 2 is 1.94 bits per heavy atom. The highest BCUT2D eigenvalue weighted by Crippen LogP contribution is 2.42. The summed E-state index contributed by atoms with van der Waals surface area (Å²) >= 11 is 3.50. The number of ether oxygens (including phenoxy) is 1. The monoisotopic (exact) mass is 310 g/mol. The van der Waals surface area contributed by atoms with Gasteiger partial charge in [0.1, 0.15) is 5.75 Å². The van der Waals surface area contributed by atoms with Gasteiger partial charge in [-0.15, -0.1) is 0 Å². The molecule has 0 aromatic heterocycles. The van der Waals surface area contributed by atoms with Crippen molar-refractivity contribution in [2.24, 2.45) is 5.41 Å². The maximum atomic E-state index is 12.7. The van der Waals surface area contributed by atoms with E-state index in [4.69, 9.17) is 4.74 Å². The van der Waals surface area contributed by atoms with Crippen LogP contribution in [0.4, 0.5) is 0 Å². The molecule has 2 rings (SSSR count). The highest BCUT2D eigenvalue weighted by molar-refractivity contribution is 9.10. The van der Waals surface area contributed by atoms with Crippen LogP contribution in [0.5, 0.6) is 5.75 Å². The van der Waals surface area contributed by atoms with Crippen LogP contribution >= 0.6 is 15.9 Å². The fourth-order valence-corrected chi connectivity index (χ4v) is 3.05. The lowest BCUT2D eigenvalue weighted by atomic mass is 9.80. The molecule has 1 aliphatic rings. The van der Waals surface area contributed by atoms with Crippen molar-refractivity contribution in [3.05, 3.63) is 27.7 Å². The lowest BCUT2D eigenvalue weighted by Crippen LogP contribution is -2.24. The molecule has 1 fully saturated rings. The Kier molecular flexibility index (Phi) is 3.81. The van der Waals surface area contributed by atoms with Gasteiger partial charge in [0.2, 0.25) is 0 Å². The highest BCUT2D eigenvalue weighted by Gasteiger charge is 2.38. The number of benzene rings is 1. The van der Waals surface area contributed by atoms with E-state index in [-0.39, 0.29) is 11.2 Å². The van der Waals surface area contributed by atoms with Crippen LogP contribution in [0.1, 0.15) is 48.5 Å². The lowest BCUT2D eigenvalue weighted by molar-refractivity contribution is 0.0820. The molecule has 0 heterocycles. The first-order valence-electron chi connectivity index (χ1n) is 6.37.